The Balaban J connectivity index is 1.52. The van der Waals surface area contributed by atoms with Crippen LogP contribution in [0.15, 0.2) is 0 Å². The Hall–Kier alpha value is -0.650. The molecule has 0 radical (unpaired) electrons. The molecule has 1 unspecified atom stereocenters. The normalized spacial score (nSPS) is 25.9. The second-order valence-corrected chi connectivity index (χ2v) is 4.99. The molecule has 2 fully saturated rings. The topological polar surface area (TPSA) is 59.6 Å². The molecule has 18 heavy (non-hydrogen) atoms. The number of morpholine rings is 1. The average molecular weight is 256 g/mol. The molecule has 2 N–H and O–H groups in total. The minimum atomic E-state index is -0.339. The molecule has 1 aliphatic carbocycles. The smallest absolute Gasteiger partial charge is 0.250 e. The minimum absolute atomic E-state index is 0.0329. The van der Waals surface area contributed by atoms with Crippen LogP contribution in [0.3, 0.4) is 0 Å². The number of ether oxygens (including phenoxy) is 2. The largest absolute Gasteiger partial charge is 0.376 e. The van der Waals surface area contributed by atoms with Gasteiger partial charge in [0.1, 0.15) is 6.10 Å². The van der Waals surface area contributed by atoms with Gasteiger partial charge >= 0.3 is 0 Å². The number of nitrogens with one attached hydrogen (secondary N) is 2. The fraction of sp³-hybridized carbons (Fsp3) is 0.923. The molecule has 2 aliphatic rings. The lowest BCUT2D eigenvalue weighted by Gasteiger charge is -2.24. The Labute approximate surface area is 109 Å². The van der Waals surface area contributed by atoms with Gasteiger partial charge in [-0.1, -0.05) is 19.3 Å². The highest BCUT2D eigenvalue weighted by atomic mass is 16.5. The summed E-state index contributed by atoms with van der Waals surface area (Å²) in [5.41, 5.74) is 0. The average Bonchev–Trinajstić information content (AvgIpc) is 2.45. The number of carbonyl (C=O) groups excluding carboxylic acids is 1. The van der Waals surface area contributed by atoms with Crippen LogP contribution in [0.2, 0.25) is 0 Å². The monoisotopic (exact) mass is 256 g/mol. The molecule has 5 heteroatoms. The van der Waals surface area contributed by atoms with Crippen LogP contribution in [0.1, 0.15) is 32.1 Å². The quantitative estimate of drug-likeness (QED) is 0.701. The van der Waals surface area contributed by atoms with Crippen molar-refractivity contribution in [1.82, 2.24) is 10.6 Å². The van der Waals surface area contributed by atoms with E-state index in [4.69, 9.17) is 9.47 Å². The Morgan fingerprint density at radius 2 is 2.17 bits per heavy atom. The molecule has 0 bridgehead atoms. The third kappa shape index (κ3) is 4.55. The Morgan fingerprint density at radius 3 is 2.89 bits per heavy atom. The molecular weight excluding hydrogens is 232 g/mol. The fourth-order valence-corrected chi connectivity index (χ4v) is 2.48. The van der Waals surface area contributed by atoms with Crippen LogP contribution in [0.25, 0.3) is 0 Å². The summed E-state index contributed by atoms with van der Waals surface area (Å²) in [6.45, 7) is 3.23. The minimum Gasteiger partial charge on any atom is -0.376 e. The van der Waals surface area contributed by atoms with E-state index in [0.29, 0.717) is 32.4 Å². The number of amides is 1. The van der Waals surface area contributed by atoms with Crippen LogP contribution in [0.5, 0.6) is 0 Å². The van der Waals surface area contributed by atoms with E-state index < -0.39 is 0 Å². The van der Waals surface area contributed by atoms with Crippen molar-refractivity contribution in [2.24, 2.45) is 0 Å². The van der Waals surface area contributed by atoms with Crippen molar-refractivity contribution in [3.8, 4) is 0 Å². The Morgan fingerprint density at radius 1 is 1.33 bits per heavy atom. The van der Waals surface area contributed by atoms with Crippen LogP contribution in [-0.4, -0.2) is 51.0 Å². The van der Waals surface area contributed by atoms with Gasteiger partial charge in [-0.2, -0.15) is 0 Å². The van der Waals surface area contributed by atoms with E-state index in [1.165, 1.54) is 32.1 Å². The number of hydrogen-bond donors (Lipinski definition) is 2. The first-order valence-corrected chi connectivity index (χ1v) is 7.08. The summed E-state index contributed by atoms with van der Waals surface area (Å²) >= 11 is 0. The maximum atomic E-state index is 11.7. The molecule has 2 rings (SSSR count). The van der Waals surface area contributed by atoms with Gasteiger partial charge < -0.3 is 20.1 Å². The van der Waals surface area contributed by atoms with Gasteiger partial charge in [0.15, 0.2) is 0 Å². The second-order valence-electron chi connectivity index (χ2n) is 4.99. The van der Waals surface area contributed by atoms with E-state index >= 15 is 0 Å². The third-order valence-corrected chi connectivity index (χ3v) is 3.53. The first-order valence-electron chi connectivity index (χ1n) is 7.08. The van der Waals surface area contributed by atoms with Gasteiger partial charge in [-0.05, 0) is 12.8 Å². The van der Waals surface area contributed by atoms with Crippen molar-refractivity contribution in [3.63, 3.8) is 0 Å². The van der Waals surface area contributed by atoms with Gasteiger partial charge in [0.2, 0.25) is 0 Å². The molecule has 0 spiro atoms. The number of rotatable bonds is 5. The zero-order chi connectivity index (χ0) is 12.6. The van der Waals surface area contributed by atoms with Crippen molar-refractivity contribution in [2.75, 3.05) is 32.8 Å². The van der Waals surface area contributed by atoms with Gasteiger partial charge in [-0.25, -0.2) is 0 Å². The molecule has 1 heterocycles. The highest BCUT2D eigenvalue weighted by Gasteiger charge is 2.21. The van der Waals surface area contributed by atoms with Crippen molar-refractivity contribution in [3.05, 3.63) is 0 Å². The van der Waals surface area contributed by atoms with Crippen molar-refractivity contribution in [2.45, 2.75) is 44.3 Å². The predicted octanol–water partition coefficient (Wildman–Crippen LogP) is 0.440. The first-order chi connectivity index (χ1) is 8.86. The van der Waals surface area contributed by atoms with Crippen LogP contribution in [0.4, 0.5) is 0 Å². The lowest BCUT2D eigenvalue weighted by Crippen LogP contribution is -2.48. The lowest BCUT2D eigenvalue weighted by atomic mass is 9.98. The van der Waals surface area contributed by atoms with Gasteiger partial charge in [0.25, 0.3) is 5.91 Å². The molecule has 0 aromatic rings. The fourth-order valence-electron chi connectivity index (χ4n) is 2.48. The van der Waals surface area contributed by atoms with Crippen LogP contribution >= 0.6 is 0 Å². The summed E-state index contributed by atoms with van der Waals surface area (Å²) in [4.78, 5) is 11.7. The second kappa shape index (κ2) is 7.71. The molecule has 0 aromatic heterocycles. The zero-order valence-electron chi connectivity index (χ0n) is 11.0. The van der Waals surface area contributed by atoms with Crippen molar-refractivity contribution < 1.29 is 14.3 Å². The van der Waals surface area contributed by atoms with Crippen LogP contribution < -0.4 is 10.6 Å². The molecule has 5 nitrogen and oxygen atoms in total. The highest BCUT2D eigenvalue weighted by Crippen LogP contribution is 2.19. The van der Waals surface area contributed by atoms with Crippen LogP contribution in [-0.2, 0) is 14.3 Å². The summed E-state index contributed by atoms with van der Waals surface area (Å²) in [7, 11) is 0. The van der Waals surface area contributed by atoms with E-state index in [2.05, 4.69) is 10.6 Å². The zero-order valence-corrected chi connectivity index (χ0v) is 11.0. The summed E-state index contributed by atoms with van der Waals surface area (Å²) in [5.74, 6) is -0.0329. The molecule has 0 aromatic carbocycles. The highest BCUT2D eigenvalue weighted by molar-refractivity contribution is 5.81. The van der Waals surface area contributed by atoms with Crippen molar-refractivity contribution in [1.29, 1.82) is 0 Å². The summed E-state index contributed by atoms with van der Waals surface area (Å²) in [6, 6.07) is 0. The molecule has 1 saturated heterocycles. The molecule has 1 amide bonds. The van der Waals surface area contributed by atoms with E-state index in [1.54, 1.807) is 0 Å². The third-order valence-electron chi connectivity index (χ3n) is 3.53. The lowest BCUT2D eigenvalue weighted by molar-refractivity contribution is -0.134. The molecule has 1 atom stereocenters. The molecule has 1 aliphatic heterocycles. The van der Waals surface area contributed by atoms with Gasteiger partial charge in [-0.3, -0.25) is 4.79 Å². The van der Waals surface area contributed by atoms with Crippen molar-refractivity contribution >= 4 is 5.91 Å². The molecule has 1 saturated carbocycles. The predicted molar refractivity (Wildman–Crippen MR) is 68.4 cm³/mol. The Bertz CT molecular complexity index is 249. The summed E-state index contributed by atoms with van der Waals surface area (Å²) < 4.78 is 11.1. The summed E-state index contributed by atoms with van der Waals surface area (Å²) in [6.07, 6.45) is 6.30. The molecular formula is C13H24N2O3. The number of hydrogen-bond acceptors (Lipinski definition) is 4. The maximum absolute atomic E-state index is 11.7. The standard InChI is InChI=1S/C13H24N2O3/c16-13(12-10-14-6-8-18-12)15-7-9-17-11-4-2-1-3-5-11/h11-12,14H,1-10H2,(H,15,16). The van der Waals surface area contributed by atoms with E-state index in [-0.39, 0.29) is 12.0 Å². The van der Waals surface area contributed by atoms with Gasteiger partial charge in [0, 0.05) is 19.6 Å². The first kappa shape index (κ1) is 13.8. The van der Waals surface area contributed by atoms with Gasteiger partial charge in [0.05, 0.1) is 19.3 Å². The number of carbonyl (C=O) groups is 1. The Kier molecular flexibility index (Phi) is 5.90. The summed E-state index contributed by atoms with van der Waals surface area (Å²) in [5, 5.41) is 6.00. The van der Waals surface area contributed by atoms with E-state index in [0.717, 1.165) is 6.54 Å². The maximum Gasteiger partial charge on any atom is 0.250 e. The molecule has 104 valence electrons. The van der Waals surface area contributed by atoms with Gasteiger partial charge in [-0.15, -0.1) is 0 Å². The van der Waals surface area contributed by atoms with E-state index in [9.17, 15) is 4.79 Å². The van der Waals surface area contributed by atoms with E-state index in [1.807, 2.05) is 0 Å². The SMILES string of the molecule is O=C(NCCOC1CCCCC1)C1CNCCO1. The van der Waals surface area contributed by atoms with Crippen LogP contribution in [0, 0.1) is 0 Å².